The Morgan fingerprint density at radius 3 is 2.23 bits per heavy atom. The fraction of sp³-hybridized carbons (Fsp3) is 0.115. The van der Waals surface area contributed by atoms with Crippen molar-refractivity contribution >= 4 is 21.8 Å². The standard InChI is InChI=1S/C26H22N4/c1-18-12-13-21-8-4-6-10-23(21)29(18)25-14-20(16-27)15-26(19(25)2)30-24-11-7-5-9-22(24)17-28(30)3/h4-15,17H,1-3H3/q+2. The van der Waals surface area contributed by atoms with E-state index in [2.05, 4.69) is 88.6 Å². The molecule has 0 spiro atoms. The number of nitrogens with zero attached hydrogens (tertiary/aromatic N) is 4. The number of aryl methyl sites for hydroxylation is 2. The zero-order valence-electron chi connectivity index (χ0n) is 17.3. The van der Waals surface area contributed by atoms with Crippen LogP contribution in [0, 0.1) is 25.2 Å². The molecule has 2 aromatic heterocycles. The number of rotatable bonds is 2. The predicted molar refractivity (Wildman–Crippen MR) is 118 cm³/mol. The molecule has 4 heteroatoms. The Morgan fingerprint density at radius 1 is 0.800 bits per heavy atom. The van der Waals surface area contributed by atoms with E-state index in [9.17, 15) is 5.26 Å². The van der Waals surface area contributed by atoms with Crippen LogP contribution >= 0.6 is 0 Å². The molecule has 0 fully saturated rings. The minimum Gasteiger partial charge on any atom is -0.192 e. The quantitative estimate of drug-likeness (QED) is 0.412. The molecule has 0 amide bonds. The summed E-state index contributed by atoms with van der Waals surface area (Å²) in [4.78, 5) is 0. The second-order valence-corrected chi connectivity index (χ2v) is 7.69. The molecule has 0 radical (unpaired) electrons. The summed E-state index contributed by atoms with van der Waals surface area (Å²) in [5.41, 5.74) is 7.16. The van der Waals surface area contributed by atoms with E-state index in [-0.39, 0.29) is 0 Å². The van der Waals surface area contributed by atoms with Gasteiger partial charge in [0.15, 0.2) is 5.69 Å². The molecule has 2 heterocycles. The summed E-state index contributed by atoms with van der Waals surface area (Å²) in [5.74, 6) is 0. The summed E-state index contributed by atoms with van der Waals surface area (Å²) in [7, 11) is 2.04. The third kappa shape index (κ3) is 2.67. The number of aromatic nitrogens is 3. The Bertz CT molecular complexity index is 1490. The molecule has 144 valence electrons. The molecule has 0 aliphatic heterocycles. The number of hydrogen-bond acceptors (Lipinski definition) is 1. The van der Waals surface area contributed by atoms with Gasteiger partial charge in [0.1, 0.15) is 0 Å². The van der Waals surface area contributed by atoms with Crippen LogP contribution in [-0.2, 0) is 7.05 Å². The highest BCUT2D eigenvalue weighted by Gasteiger charge is 2.28. The molecule has 0 saturated carbocycles. The average molecular weight is 390 g/mol. The molecule has 3 aromatic carbocycles. The van der Waals surface area contributed by atoms with Crippen LogP contribution in [-0.4, -0.2) is 4.68 Å². The maximum atomic E-state index is 9.81. The largest absolute Gasteiger partial charge is 0.247 e. The van der Waals surface area contributed by atoms with Crippen molar-refractivity contribution in [2.45, 2.75) is 13.8 Å². The van der Waals surface area contributed by atoms with Gasteiger partial charge >= 0.3 is 0 Å². The molecule has 0 atom stereocenters. The SMILES string of the molecule is Cc1c(-[n+]2c(C)ccc3ccccc32)cc(C#N)cc1-[n+]1c2ccccc2cn1C. The van der Waals surface area contributed by atoms with E-state index in [0.29, 0.717) is 5.56 Å². The van der Waals surface area contributed by atoms with Gasteiger partial charge in [0.25, 0.3) is 0 Å². The molecule has 0 bridgehead atoms. The van der Waals surface area contributed by atoms with E-state index in [1.54, 1.807) is 0 Å². The molecule has 0 saturated heterocycles. The van der Waals surface area contributed by atoms with E-state index in [1.807, 2.05) is 31.3 Å². The first-order valence-corrected chi connectivity index (χ1v) is 10.0. The Kier molecular flexibility index (Phi) is 4.11. The molecule has 5 aromatic rings. The Balaban J connectivity index is 1.89. The first kappa shape index (κ1) is 18.1. The first-order valence-electron chi connectivity index (χ1n) is 10.0. The molecule has 5 rings (SSSR count). The van der Waals surface area contributed by atoms with Crippen molar-refractivity contribution in [3.8, 4) is 17.4 Å². The van der Waals surface area contributed by atoms with Crippen molar-refractivity contribution in [2.75, 3.05) is 0 Å². The number of para-hydroxylation sites is 2. The van der Waals surface area contributed by atoms with Gasteiger partial charge in [-0.25, -0.2) is 0 Å². The van der Waals surface area contributed by atoms with Crippen LogP contribution in [0.3, 0.4) is 0 Å². The Morgan fingerprint density at radius 2 is 1.47 bits per heavy atom. The second kappa shape index (κ2) is 6.82. The number of benzene rings is 3. The molecule has 0 N–H and O–H groups in total. The van der Waals surface area contributed by atoms with Gasteiger partial charge in [0, 0.05) is 42.6 Å². The maximum Gasteiger partial charge on any atom is 0.247 e. The van der Waals surface area contributed by atoms with E-state index >= 15 is 0 Å². The van der Waals surface area contributed by atoms with Gasteiger partial charge < -0.3 is 0 Å². The van der Waals surface area contributed by atoms with E-state index in [4.69, 9.17) is 0 Å². The summed E-state index contributed by atoms with van der Waals surface area (Å²) >= 11 is 0. The zero-order chi connectivity index (χ0) is 20.8. The molecule has 0 aliphatic rings. The third-order valence-electron chi connectivity index (χ3n) is 5.79. The van der Waals surface area contributed by atoms with Crippen LogP contribution in [0.25, 0.3) is 33.2 Å². The van der Waals surface area contributed by atoms with Gasteiger partial charge in [-0.3, -0.25) is 0 Å². The van der Waals surface area contributed by atoms with Crippen molar-refractivity contribution in [1.82, 2.24) is 4.68 Å². The predicted octanol–water partition coefficient (Wildman–Crippen LogP) is 4.37. The van der Waals surface area contributed by atoms with Gasteiger partial charge in [-0.1, -0.05) is 28.9 Å². The lowest BCUT2D eigenvalue weighted by atomic mass is 10.1. The van der Waals surface area contributed by atoms with Crippen molar-refractivity contribution < 1.29 is 9.25 Å². The summed E-state index contributed by atoms with van der Waals surface area (Å²) in [5, 5.41) is 12.1. The maximum absolute atomic E-state index is 9.81. The molecule has 0 unspecified atom stereocenters. The second-order valence-electron chi connectivity index (χ2n) is 7.69. The van der Waals surface area contributed by atoms with E-state index in [1.165, 1.54) is 5.39 Å². The Hall–Kier alpha value is -3.97. The van der Waals surface area contributed by atoms with Crippen molar-refractivity contribution in [1.29, 1.82) is 5.26 Å². The lowest BCUT2D eigenvalue weighted by molar-refractivity contribution is -0.659. The topological polar surface area (TPSA) is 36.5 Å². The molecule has 30 heavy (non-hydrogen) atoms. The number of hydrogen-bond donors (Lipinski definition) is 0. The van der Waals surface area contributed by atoms with E-state index in [0.717, 1.165) is 39.1 Å². The number of fused-ring (bicyclic) bond motifs is 2. The lowest BCUT2D eigenvalue weighted by Crippen LogP contribution is -2.42. The minimum absolute atomic E-state index is 0.642. The van der Waals surface area contributed by atoms with Gasteiger partial charge in [0.05, 0.1) is 35.8 Å². The van der Waals surface area contributed by atoms with Crippen molar-refractivity contribution in [3.63, 3.8) is 0 Å². The van der Waals surface area contributed by atoms with Gasteiger partial charge in [0.2, 0.25) is 22.4 Å². The van der Waals surface area contributed by atoms with Gasteiger partial charge in [-0.05, 0) is 25.1 Å². The highest BCUT2D eigenvalue weighted by Crippen LogP contribution is 2.22. The summed E-state index contributed by atoms with van der Waals surface area (Å²) < 4.78 is 6.51. The average Bonchev–Trinajstić information content (AvgIpc) is 3.10. The first-order chi connectivity index (χ1) is 14.6. The molecule has 4 nitrogen and oxygen atoms in total. The van der Waals surface area contributed by atoms with Crippen LogP contribution in [0.4, 0.5) is 0 Å². The third-order valence-corrected chi connectivity index (χ3v) is 5.79. The fourth-order valence-electron chi connectivity index (χ4n) is 4.35. The smallest absolute Gasteiger partial charge is 0.192 e. The molecular weight excluding hydrogens is 368 g/mol. The number of nitriles is 1. The Labute approximate surface area is 175 Å². The van der Waals surface area contributed by atoms with Crippen LogP contribution in [0.2, 0.25) is 0 Å². The van der Waals surface area contributed by atoms with Crippen molar-refractivity contribution in [2.24, 2.45) is 7.05 Å². The normalized spacial score (nSPS) is 11.1. The monoisotopic (exact) mass is 390 g/mol. The highest BCUT2D eigenvalue weighted by atomic mass is 15.4. The summed E-state index contributed by atoms with van der Waals surface area (Å²) in [6.07, 6.45) is 2.11. The zero-order valence-corrected chi connectivity index (χ0v) is 17.3. The van der Waals surface area contributed by atoms with Crippen LogP contribution in [0.15, 0.2) is 79.0 Å². The fourth-order valence-corrected chi connectivity index (χ4v) is 4.35. The van der Waals surface area contributed by atoms with Crippen LogP contribution < -0.4 is 9.25 Å². The molecule has 0 aliphatic carbocycles. The van der Waals surface area contributed by atoms with Gasteiger partial charge in [-0.2, -0.15) is 14.5 Å². The summed E-state index contributed by atoms with van der Waals surface area (Å²) in [6, 6.07) is 27.3. The highest BCUT2D eigenvalue weighted by molar-refractivity contribution is 5.77. The molecular formula is C26H22N4+2. The van der Waals surface area contributed by atoms with E-state index < -0.39 is 0 Å². The van der Waals surface area contributed by atoms with Crippen LogP contribution in [0.1, 0.15) is 16.8 Å². The van der Waals surface area contributed by atoms with Crippen molar-refractivity contribution in [3.05, 3.63) is 95.8 Å². The summed E-state index contributed by atoms with van der Waals surface area (Å²) in [6.45, 7) is 4.24. The van der Waals surface area contributed by atoms with Crippen LogP contribution in [0.5, 0.6) is 0 Å². The van der Waals surface area contributed by atoms with Gasteiger partial charge in [-0.15, -0.1) is 0 Å². The lowest BCUT2D eigenvalue weighted by Gasteiger charge is -2.09. The number of pyridine rings is 1. The minimum atomic E-state index is 0.642.